The lowest BCUT2D eigenvalue weighted by Crippen LogP contribution is -2.00. The average molecular weight is 283 g/mol. The predicted molar refractivity (Wildman–Crippen MR) is 87.1 cm³/mol. The van der Waals surface area contributed by atoms with Crippen molar-refractivity contribution >= 4 is 11.9 Å². The third-order valence-electron chi connectivity index (χ3n) is 3.09. The summed E-state index contributed by atoms with van der Waals surface area (Å²) in [5.74, 6) is 1.60. The lowest BCUT2D eigenvalue weighted by atomic mass is 10.2. The molecule has 21 heavy (non-hydrogen) atoms. The molecular weight excluding hydrogens is 262 g/mol. The molecule has 2 aromatic rings. The Morgan fingerprint density at radius 2 is 1.90 bits per heavy atom. The molecule has 0 aliphatic carbocycles. The normalized spacial score (nSPS) is 10.8. The molecule has 0 amide bonds. The first kappa shape index (κ1) is 15.1. The zero-order valence-electron chi connectivity index (χ0n) is 12.6. The molecule has 0 fully saturated rings. The molecular formula is C18H21NO2. The van der Waals surface area contributed by atoms with Gasteiger partial charge in [-0.2, -0.15) is 0 Å². The van der Waals surface area contributed by atoms with Crippen LogP contribution in [-0.2, 0) is 0 Å². The lowest BCUT2D eigenvalue weighted by Gasteiger charge is -2.10. The van der Waals surface area contributed by atoms with Crippen molar-refractivity contribution in [1.82, 2.24) is 0 Å². The van der Waals surface area contributed by atoms with Gasteiger partial charge in [-0.25, -0.2) is 0 Å². The number of unbranched alkanes of at least 4 members (excludes halogenated alkanes) is 1. The van der Waals surface area contributed by atoms with Gasteiger partial charge < -0.3 is 9.47 Å². The van der Waals surface area contributed by atoms with Crippen LogP contribution >= 0.6 is 0 Å². The largest absolute Gasteiger partial charge is 0.497 e. The molecule has 0 N–H and O–H groups in total. The Balaban J connectivity index is 2.18. The summed E-state index contributed by atoms with van der Waals surface area (Å²) < 4.78 is 11.1. The van der Waals surface area contributed by atoms with E-state index in [9.17, 15) is 0 Å². The van der Waals surface area contributed by atoms with Crippen molar-refractivity contribution in [1.29, 1.82) is 0 Å². The highest BCUT2D eigenvalue weighted by Gasteiger charge is 2.04. The first-order valence-electron chi connectivity index (χ1n) is 7.23. The minimum atomic E-state index is 0.704. The van der Waals surface area contributed by atoms with Crippen LogP contribution in [0.15, 0.2) is 53.5 Å². The van der Waals surface area contributed by atoms with Crippen LogP contribution < -0.4 is 9.47 Å². The maximum absolute atomic E-state index is 5.84. The number of aliphatic imine (C=N–C) groups is 1. The van der Waals surface area contributed by atoms with Gasteiger partial charge in [-0.1, -0.05) is 31.5 Å². The van der Waals surface area contributed by atoms with Crippen LogP contribution in [0.4, 0.5) is 5.69 Å². The minimum Gasteiger partial charge on any atom is -0.497 e. The highest BCUT2D eigenvalue weighted by Crippen LogP contribution is 2.24. The molecule has 0 spiro atoms. The molecule has 2 aromatic carbocycles. The second-order valence-corrected chi connectivity index (χ2v) is 4.70. The maximum atomic E-state index is 5.84. The molecule has 0 radical (unpaired) electrons. The summed E-state index contributed by atoms with van der Waals surface area (Å²) in [6.07, 6.45) is 3.97. The van der Waals surface area contributed by atoms with E-state index in [-0.39, 0.29) is 0 Å². The summed E-state index contributed by atoms with van der Waals surface area (Å²) in [7, 11) is 1.66. The molecule has 0 saturated heterocycles. The molecule has 0 aliphatic rings. The van der Waals surface area contributed by atoms with E-state index in [1.165, 1.54) is 0 Å². The van der Waals surface area contributed by atoms with Gasteiger partial charge in [-0.3, -0.25) is 4.99 Å². The number of benzene rings is 2. The molecule has 0 atom stereocenters. The Hall–Kier alpha value is -2.29. The Morgan fingerprint density at radius 3 is 2.62 bits per heavy atom. The average Bonchev–Trinajstić information content (AvgIpc) is 2.54. The number of methoxy groups -OCH3 is 1. The molecule has 0 saturated carbocycles. The summed E-state index contributed by atoms with van der Waals surface area (Å²) in [6.45, 7) is 2.85. The predicted octanol–water partition coefficient (Wildman–Crippen LogP) is 4.62. The lowest BCUT2D eigenvalue weighted by molar-refractivity contribution is 0.306. The minimum absolute atomic E-state index is 0.704. The van der Waals surface area contributed by atoms with Crippen molar-refractivity contribution in [2.45, 2.75) is 19.8 Å². The van der Waals surface area contributed by atoms with E-state index < -0.39 is 0 Å². The summed E-state index contributed by atoms with van der Waals surface area (Å²) >= 11 is 0. The van der Waals surface area contributed by atoms with E-state index >= 15 is 0 Å². The standard InChI is InChI=1S/C18H21NO2/c1-3-4-12-21-18-13-17(20-2)11-10-15(18)14-19-16-8-6-5-7-9-16/h5-11,13-14H,3-4,12H2,1-2H3. The third kappa shape index (κ3) is 4.63. The number of para-hydroxylation sites is 1. The monoisotopic (exact) mass is 283 g/mol. The summed E-state index contributed by atoms with van der Waals surface area (Å²) in [4.78, 5) is 4.48. The van der Waals surface area contributed by atoms with Crippen molar-refractivity contribution < 1.29 is 9.47 Å². The zero-order chi connectivity index (χ0) is 14.9. The van der Waals surface area contributed by atoms with Crippen molar-refractivity contribution in [2.75, 3.05) is 13.7 Å². The van der Waals surface area contributed by atoms with Crippen LogP contribution in [0.2, 0.25) is 0 Å². The molecule has 0 heterocycles. The zero-order valence-corrected chi connectivity index (χ0v) is 12.6. The van der Waals surface area contributed by atoms with E-state index in [0.29, 0.717) is 6.61 Å². The van der Waals surface area contributed by atoms with Gasteiger partial charge in [-0.15, -0.1) is 0 Å². The van der Waals surface area contributed by atoms with Gasteiger partial charge >= 0.3 is 0 Å². The van der Waals surface area contributed by atoms with Crippen molar-refractivity contribution in [2.24, 2.45) is 4.99 Å². The van der Waals surface area contributed by atoms with E-state index in [0.717, 1.165) is 35.6 Å². The van der Waals surface area contributed by atoms with Gasteiger partial charge in [0.15, 0.2) is 0 Å². The van der Waals surface area contributed by atoms with Gasteiger partial charge in [0.25, 0.3) is 0 Å². The highest BCUT2D eigenvalue weighted by molar-refractivity contribution is 5.85. The topological polar surface area (TPSA) is 30.8 Å². The van der Waals surface area contributed by atoms with E-state index in [1.807, 2.05) is 54.7 Å². The van der Waals surface area contributed by atoms with Gasteiger partial charge in [0.2, 0.25) is 0 Å². The van der Waals surface area contributed by atoms with Gasteiger partial charge in [0.05, 0.1) is 19.4 Å². The van der Waals surface area contributed by atoms with Crippen LogP contribution in [0.1, 0.15) is 25.3 Å². The first-order valence-corrected chi connectivity index (χ1v) is 7.23. The maximum Gasteiger partial charge on any atom is 0.131 e. The molecule has 110 valence electrons. The summed E-state index contributed by atoms with van der Waals surface area (Å²) in [5, 5.41) is 0. The second-order valence-electron chi connectivity index (χ2n) is 4.70. The van der Waals surface area contributed by atoms with Gasteiger partial charge in [-0.05, 0) is 30.7 Å². The summed E-state index contributed by atoms with van der Waals surface area (Å²) in [5.41, 5.74) is 1.88. The molecule has 2 rings (SSSR count). The Kier molecular flexibility index (Phi) is 5.83. The van der Waals surface area contributed by atoms with Crippen LogP contribution in [0.25, 0.3) is 0 Å². The van der Waals surface area contributed by atoms with Crippen LogP contribution in [0.5, 0.6) is 11.5 Å². The fourth-order valence-electron chi connectivity index (χ4n) is 1.86. The number of ether oxygens (including phenoxy) is 2. The van der Waals surface area contributed by atoms with Gasteiger partial charge in [0, 0.05) is 17.8 Å². The Bertz CT molecular complexity index is 579. The fourth-order valence-corrected chi connectivity index (χ4v) is 1.86. The van der Waals surface area contributed by atoms with Crippen molar-refractivity contribution in [3.63, 3.8) is 0 Å². The molecule has 0 aromatic heterocycles. The highest BCUT2D eigenvalue weighted by atomic mass is 16.5. The smallest absolute Gasteiger partial charge is 0.131 e. The van der Waals surface area contributed by atoms with E-state index in [1.54, 1.807) is 7.11 Å². The molecule has 0 unspecified atom stereocenters. The third-order valence-corrected chi connectivity index (χ3v) is 3.09. The molecule has 3 heteroatoms. The summed E-state index contributed by atoms with van der Waals surface area (Å²) in [6, 6.07) is 15.6. The van der Waals surface area contributed by atoms with Crippen LogP contribution in [-0.4, -0.2) is 19.9 Å². The number of hydrogen-bond donors (Lipinski definition) is 0. The number of rotatable bonds is 7. The number of nitrogens with zero attached hydrogens (tertiary/aromatic N) is 1. The van der Waals surface area contributed by atoms with Crippen LogP contribution in [0.3, 0.4) is 0 Å². The van der Waals surface area contributed by atoms with E-state index in [2.05, 4.69) is 11.9 Å². The van der Waals surface area contributed by atoms with Gasteiger partial charge in [0.1, 0.15) is 11.5 Å². The Labute approximate surface area is 126 Å². The van der Waals surface area contributed by atoms with Crippen molar-refractivity contribution in [3.8, 4) is 11.5 Å². The van der Waals surface area contributed by atoms with Crippen LogP contribution in [0, 0.1) is 0 Å². The van der Waals surface area contributed by atoms with Crippen molar-refractivity contribution in [3.05, 3.63) is 54.1 Å². The molecule has 0 aliphatic heterocycles. The SMILES string of the molecule is CCCCOc1cc(OC)ccc1C=Nc1ccccc1. The number of hydrogen-bond acceptors (Lipinski definition) is 3. The fraction of sp³-hybridized carbons (Fsp3) is 0.278. The van der Waals surface area contributed by atoms with E-state index in [4.69, 9.17) is 9.47 Å². The molecule has 3 nitrogen and oxygen atoms in total. The quantitative estimate of drug-likeness (QED) is 0.548. The Morgan fingerprint density at radius 1 is 1.10 bits per heavy atom. The second kappa shape index (κ2) is 8.10. The first-order chi connectivity index (χ1) is 10.3. The molecule has 0 bridgehead atoms.